The Labute approximate surface area is 172 Å². The van der Waals surface area contributed by atoms with Gasteiger partial charge in [-0.25, -0.2) is 0 Å². The lowest BCUT2D eigenvalue weighted by Gasteiger charge is -2.75. The standard InChI is InChI=1S/C23H35NO5/c1-5-24-19-15-17(28-4)18-21(2)7-6-13(29-20(21)24)23(18,19)11-8-10-12(27-3)9-22(15,26)14(11)16(10)25/h10-20,25-26H,5-9H2,1-4H3/t10-,11-,12+,13+,14-,15+,16+,17+,18-,19?,20?,21-,22-,23+/m1/s1. The van der Waals surface area contributed by atoms with Gasteiger partial charge in [-0.05, 0) is 31.7 Å². The smallest absolute Gasteiger partial charge is 0.117 e. The van der Waals surface area contributed by atoms with Crippen LogP contribution in [0.5, 0.6) is 0 Å². The maximum atomic E-state index is 12.4. The van der Waals surface area contributed by atoms with E-state index in [1.54, 1.807) is 7.11 Å². The molecule has 2 unspecified atom stereocenters. The van der Waals surface area contributed by atoms with Crippen LogP contribution in [-0.4, -0.2) is 78.2 Å². The van der Waals surface area contributed by atoms with Gasteiger partial charge in [0.1, 0.15) is 6.23 Å². The normalized spacial score (nSPS) is 68.7. The zero-order valence-corrected chi connectivity index (χ0v) is 18.0. The Morgan fingerprint density at radius 3 is 2.69 bits per heavy atom. The van der Waals surface area contributed by atoms with Gasteiger partial charge in [0, 0.05) is 61.2 Å². The van der Waals surface area contributed by atoms with Crippen molar-refractivity contribution in [3.63, 3.8) is 0 Å². The van der Waals surface area contributed by atoms with Gasteiger partial charge in [-0.15, -0.1) is 0 Å². The first kappa shape index (κ1) is 18.3. The van der Waals surface area contributed by atoms with Crippen molar-refractivity contribution >= 4 is 0 Å². The fourth-order valence-electron chi connectivity index (χ4n) is 11.0. The van der Waals surface area contributed by atoms with Crippen molar-refractivity contribution in [1.82, 2.24) is 4.90 Å². The number of aliphatic hydroxyl groups excluding tert-OH is 1. The lowest BCUT2D eigenvalue weighted by Crippen LogP contribution is -2.82. The average Bonchev–Trinajstić information content (AvgIpc) is 3.14. The van der Waals surface area contributed by atoms with E-state index in [0.717, 1.165) is 19.4 Å². The van der Waals surface area contributed by atoms with Gasteiger partial charge >= 0.3 is 0 Å². The van der Waals surface area contributed by atoms with Crippen molar-refractivity contribution in [2.75, 3.05) is 20.8 Å². The highest BCUT2D eigenvalue weighted by Gasteiger charge is 2.89. The van der Waals surface area contributed by atoms with E-state index in [-0.39, 0.29) is 65.1 Å². The van der Waals surface area contributed by atoms with Crippen LogP contribution in [-0.2, 0) is 14.2 Å². The molecule has 0 aromatic carbocycles. The van der Waals surface area contributed by atoms with Gasteiger partial charge in [-0.1, -0.05) is 13.8 Å². The summed E-state index contributed by atoms with van der Waals surface area (Å²) >= 11 is 0. The molecule has 14 atom stereocenters. The third-order valence-corrected chi connectivity index (χ3v) is 11.3. The average molecular weight is 406 g/mol. The molecule has 29 heavy (non-hydrogen) atoms. The molecule has 5 saturated carbocycles. The van der Waals surface area contributed by atoms with Gasteiger partial charge in [-0.3, -0.25) is 4.90 Å². The number of methoxy groups -OCH3 is 2. The molecule has 6 heteroatoms. The number of fused-ring (bicyclic) bond motifs is 3. The Hall–Kier alpha value is -0.240. The predicted molar refractivity (Wildman–Crippen MR) is 104 cm³/mol. The lowest BCUT2D eigenvalue weighted by molar-refractivity contribution is -0.392. The van der Waals surface area contributed by atoms with Crippen molar-refractivity contribution in [3.8, 4) is 0 Å². The predicted octanol–water partition coefficient (Wildman–Crippen LogP) is 1.24. The first-order valence-electron chi connectivity index (χ1n) is 11.8. The van der Waals surface area contributed by atoms with Gasteiger partial charge < -0.3 is 24.4 Å². The summed E-state index contributed by atoms with van der Waals surface area (Å²) in [6.45, 7) is 5.60. The molecule has 4 heterocycles. The highest BCUT2D eigenvalue weighted by atomic mass is 16.5. The summed E-state index contributed by atoms with van der Waals surface area (Å²) in [5.74, 6) is 0.745. The molecule has 0 aromatic heterocycles. The molecule has 9 aliphatic rings. The number of aliphatic hydroxyl groups is 2. The molecule has 6 nitrogen and oxygen atoms in total. The van der Waals surface area contributed by atoms with Crippen molar-refractivity contribution in [3.05, 3.63) is 0 Å². The second-order valence-corrected chi connectivity index (χ2v) is 11.5. The van der Waals surface area contributed by atoms with Gasteiger partial charge in [0.25, 0.3) is 0 Å². The van der Waals surface area contributed by atoms with Crippen molar-refractivity contribution in [1.29, 1.82) is 0 Å². The summed E-state index contributed by atoms with van der Waals surface area (Å²) in [4.78, 5) is 2.59. The zero-order valence-electron chi connectivity index (χ0n) is 18.0. The fourth-order valence-corrected chi connectivity index (χ4v) is 11.0. The third-order valence-electron chi connectivity index (χ3n) is 11.3. The van der Waals surface area contributed by atoms with E-state index in [0.29, 0.717) is 12.3 Å². The van der Waals surface area contributed by atoms with Crippen molar-refractivity contribution in [2.45, 2.75) is 81.8 Å². The number of nitrogens with zero attached hydrogens (tertiary/aromatic N) is 1. The molecule has 162 valence electrons. The second-order valence-electron chi connectivity index (χ2n) is 11.5. The van der Waals surface area contributed by atoms with E-state index in [9.17, 15) is 10.2 Å². The van der Waals surface area contributed by atoms with Gasteiger partial charge in [0.2, 0.25) is 0 Å². The highest BCUT2D eigenvalue weighted by molar-refractivity contribution is 5.37. The van der Waals surface area contributed by atoms with Crippen molar-refractivity contribution in [2.24, 2.45) is 40.4 Å². The minimum absolute atomic E-state index is 0.0128. The Morgan fingerprint density at radius 1 is 1.21 bits per heavy atom. The number of rotatable bonds is 3. The van der Waals surface area contributed by atoms with Crippen LogP contribution >= 0.6 is 0 Å². The molecule has 0 amide bonds. The van der Waals surface area contributed by atoms with Gasteiger partial charge in [0.15, 0.2) is 0 Å². The van der Waals surface area contributed by atoms with Crippen molar-refractivity contribution < 1.29 is 24.4 Å². The number of hydrogen-bond donors (Lipinski definition) is 2. The SMILES string of the molecule is CCN1C2[C@@H]3[C@H](OC)[C@H]4[C@@]2([C@@H]2CC[C@@]4(C)C1O2)[C@@H]1C[C@H]2[C@H](O)[C@@H]1[C@]3(O)C[C@@H]2OC. The van der Waals surface area contributed by atoms with E-state index >= 15 is 0 Å². The Bertz CT molecular complexity index is 764. The molecular formula is C23H35NO5. The molecule has 9 bridgehead atoms. The van der Waals surface area contributed by atoms with E-state index in [1.165, 1.54) is 6.42 Å². The highest BCUT2D eigenvalue weighted by Crippen LogP contribution is 2.82. The topological polar surface area (TPSA) is 71.4 Å². The van der Waals surface area contributed by atoms with E-state index in [1.807, 2.05) is 7.11 Å². The number of hydrogen-bond acceptors (Lipinski definition) is 6. The molecular weight excluding hydrogens is 370 g/mol. The molecule has 9 fully saturated rings. The zero-order chi connectivity index (χ0) is 20.1. The van der Waals surface area contributed by atoms with Gasteiger partial charge in [-0.2, -0.15) is 0 Å². The molecule has 5 aliphatic carbocycles. The first-order valence-corrected chi connectivity index (χ1v) is 11.8. The lowest BCUT2D eigenvalue weighted by atomic mass is 9.41. The van der Waals surface area contributed by atoms with E-state index < -0.39 is 11.7 Å². The molecule has 1 spiro atoms. The Balaban J connectivity index is 1.52. The van der Waals surface area contributed by atoms with Crippen LogP contribution in [0.15, 0.2) is 0 Å². The first-order chi connectivity index (χ1) is 13.9. The molecule has 9 rings (SSSR count). The number of piperidine rings is 1. The summed E-state index contributed by atoms with van der Waals surface area (Å²) in [5, 5.41) is 23.8. The van der Waals surface area contributed by atoms with Crippen LogP contribution in [0.2, 0.25) is 0 Å². The quantitative estimate of drug-likeness (QED) is 0.736. The molecule has 2 N–H and O–H groups in total. The fraction of sp³-hybridized carbons (Fsp3) is 1.00. The van der Waals surface area contributed by atoms with Crippen LogP contribution in [0.3, 0.4) is 0 Å². The van der Waals surface area contributed by atoms with Crippen LogP contribution in [0.4, 0.5) is 0 Å². The minimum atomic E-state index is -0.934. The summed E-state index contributed by atoms with van der Waals surface area (Å²) in [6.07, 6.45) is 3.67. The van der Waals surface area contributed by atoms with Crippen LogP contribution in [0.1, 0.15) is 39.5 Å². The third kappa shape index (κ3) is 1.56. The van der Waals surface area contributed by atoms with E-state index in [2.05, 4.69) is 18.7 Å². The molecule has 4 aliphatic heterocycles. The maximum Gasteiger partial charge on any atom is 0.117 e. The Morgan fingerprint density at radius 2 is 2.00 bits per heavy atom. The summed E-state index contributed by atoms with van der Waals surface area (Å²) in [7, 11) is 3.58. The largest absolute Gasteiger partial charge is 0.392 e. The monoisotopic (exact) mass is 405 g/mol. The Kier molecular flexibility index (Phi) is 3.30. The molecule has 0 radical (unpaired) electrons. The summed E-state index contributed by atoms with van der Waals surface area (Å²) in [5.41, 5.74) is -0.898. The summed E-state index contributed by atoms with van der Waals surface area (Å²) in [6, 6.07) is 0.285. The molecule has 4 saturated heterocycles. The maximum absolute atomic E-state index is 12.4. The van der Waals surface area contributed by atoms with Crippen LogP contribution in [0, 0.1) is 40.4 Å². The number of ether oxygens (including phenoxy) is 3. The van der Waals surface area contributed by atoms with E-state index in [4.69, 9.17) is 14.2 Å². The van der Waals surface area contributed by atoms with Crippen LogP contribution < -0.4 is 0 Å². The second kappa shape index (κ2) is 5.21. The minimum Gasteiger partial charge on any atom is -0.392 e. The molecule has 0 aromatic rings. The summed E-state index contributed by atoms with van der Waals surface area (Å²) < 4.78 is 19.0. The van der Waals surface area contributed by atoms with Crippen LogP contribution in [0.25, 0.3) is 0 Å². The van der Waals surface area contributed by atoms with Gasteiger partial charge in [0.05, 0.1) is 30.0 Å².